The second kappa shape index (κ2) is 4.48. The highest BCUT2D eigenvalue weighted by Crippen LogP contribution is 2.51. The Bertz CT molecular complexity index is 380. The van der Waals surface area contributed by atoms with Crippen LogP contribution < -0.4 is 0 Å². The molecule has 0 N–H and O–H groups in total. The maximum absolute atomic E-state index is 13.2. The van der Waals surface area contributed by atoms with E-state index in [1.54, 1.807) is 6.07 Å². The number of rotatable bonds is 2. The van der Waals surface area contributed by atoms with E-state index < -0.39 is 0 Å². The van der Waals surface area contributed by atoms with Gasteiger partial charge in [-0.05, 0) is 42.4 Å². The minimum atomic E-state index is -0.111. The molecule has 0 aromatic heterocycles. The van der Waals surface area contributed by atoms with E-state index in [-0.39, 0.29) is 5.82 Å². The van der Waals surface area contributed by atoms with E-state index >= 15 is 0 Å². The zero-order valence-corrected chi connectivity index (χ0v) is 11.5. The molecule has 88 valence electrons. The van der Waals surface area contributed by atoms with Gasteiger partial charge in [-0.25, -0.2) is 4.39 Å². The lowest BCUT2D eigenvalue weighted by Gasteiger charge is -2.30. The molecule has 1 aromatic rings. The molecule has 0 nitrogen and oxygen atoms in total. The van der Waals surface area contributed by atoms with Crippen molar-refractivity contribution in [3.05, 3.63) is 35.1 Å². The van der Waals surface area contributed by atoms with Crippen LogP contribution in [0.15, 0.2) is 18.2 Å². The number of hydrogen-bond donors (Lipinski definition) is 0. The van der Waals surface area contributed by atoms with Crippen LogP contribution >= 0.6 is 15.9 Å². The Morgan fingerprint density at radius 1 is 1.31 bits per heavy atom. The number of aryl methyl sites for hydroxylation is 1. The highest BCUT2D eigenvalue weighted by Gasteiger charge is 2.36. The van der Waals surface area contributed by atoms with Gasteiger partial charge in [0.2, 0.25) is 0 Å². The Labute approximate surface area is 105 Å². The molecule has 1 unspecified atom stereocenters. The van der Waals surface area contributed by atoms with Gasteiger partial charge in [-0.2, -0.15) is 0 Å². The maximum atomic E-state index is 13.2. The SMILES string of the molecule is Cc1cc(C(Br)C2(C)CCCC2)ccc1F. The molecule has 0 spiro atoms. The predicted molar refractivity (Wildman–Crippen MR) is 69.4 cm³/mol. The third-order valence-electron chi connectivity index (χ3n) is 3.83. The molecular weight excluding hydrogens is 267 g/mol. The van der Waals surface area contributed by atoms with Gasteiger partial charge in [0.05, 0.1) is 0 Å². The summed E-state index contributed by atoms with van der Waals surface area (Å²) in [5, 5.41) is 0. The van der Waals surface area contributed by atoms with Crippen LogP contribution in [0.5, 0.6) is 0 Å². The molecule has 0 saturated heterocycles. The molecule has 16 heavy (non-hydrogen) atoms. The average molecular weight is 285 g/mol. The molecule has 2 heteroatoms. The van der Waals surface area contributed by atoms with Crippen molar-refractivity contribution in [3.63, 3.8) is 0 Å². The van der Waals surface area contributed by atoms with Crippen LogP contribution in [-0.2, 0) is 0 Å². The monoisotopic (exact) mass is 284 g/mol. The van der Waals surface area contributed by atoms with Gasteiger partial charge >= 0.3 is 0 Å². The topological polar surface area (TPSA) is 0 Å². The number of alkyl halides is 1. The summed E-state index contributed by atoms with van der Waals surface area (Å²) in [5.74, 6) is -0.111. The van der Waals surface area contributed by atoms with Crippen LogP contribution in [0.3, 0.4) is 0 Å². The van der Waals surface area contributed by atoms with Gasteiger partial charge in [0.1, 0.15) is 5.82 Å². The lowest BCUT2D eigenvalue weighted by Crippen LogP contribution is -2.17. The Morgan fingerprint density at radius 3 is 2.50 bits per heavy atom. The Hall–Kier alpha value is -0.370. The highest BCUT2D eigenvalue weighted by molar-refractivity contribution is 9.09. The molecule has 2 rings (SSSR count). The van der Waals surface area contributed by atoms with Gasteiger partial charge in [-0.15, -0.1) is 0 Å². The van der Waals surface area contributed by atoms with E-state index in [2.05, 4.69) is 22.9 Å². The second-order valence-electron chi connectivity index (χ2n) is 5.23. The molecule has 0 radical (unpaired) electrons. The molecule has 0 aliphatic heterocycles. The normalized spacial score (nSPS) is 21.0. The summed E-state index contributed by atoms with van der Waals surface area (Å²) in [5.41, 5.74) is 2.29. The van der Waals surface area contributed by atoms with Crippen LogP contribution in [0.4, 0.5) is 4.39 Å². The first-order chi connectivity index (χ1) is 7.53. The zero-order valence-electron chi connectivity index (χ0n) is 9.89. The third-order valence-corrected chi connectivity index (χ3v) is 5.47. The van der Waals surface area contributed by atoms with Crippen molar-refractivity contribution >= 4 is 15.9 Å². The Kier molecular flexibility index (Phi) is 3.39. The molecule has 0 bridgehead atoms. The van der Waals surface area contributed by atoms with Crippen molar-refractivity contribution in [3.8, 4) is 0 Å². The van der Waals surface area contributed by atoms with Crippen molar-refractivity contribution in [1.82, 2.24) is 0 Å². The first kappa shape index (κ1) is 12.1. The summed E-state index contributed by atoms with van der Waals surface area (Å²) in [6, 6.07) is 5.46. The van der Waals surface area contributed by atoms with E-state index in [1.165, 1.54) is 31.2 Å². The lowest BCUT2D eigenvalue weighted by atomic mass is 9.82. The summed E-state index contributed by atoms with van der Waals surface area (Å²) in [4.78, 5) is 0.349. The summed E-state index contributed by atoms with van der Waals surface area (Å²) in [7, 11) is 0. The average Bonchev–Trinajstić information content (AvgIpc) is 2.70. The molecule has 1 fully saturated rings. The van der Waals surface area contributed by atoms with E-state index in [1.807, 2.05) is 19.1 Å². The number of benzene rings is 1. The van der Waals surface area contributed by atoms with Crippen LogP contribution in [-0.4, -0.2) is 0 Å². The number of halogens is 2. The Balaban J connectivity index is 2.26. The van der Waals surface area contributed by atoms with E-state index in [0.29, 0.717) is 10.2 Å². The summed E-state index contributed by atoms with van der Waals surface area (Å²) >= 11 is 3.81. The van der Waals surface area contributed by atoms with Crippen molar-refractivity contribution in [2.75, 3.05) is 0 Å². The minimum Gasteiger partial charge on any atom is -0.207 e. The molecule has 1 aromatic carbocycles. The number of hydrogen-bond acceptors (Lipinski definition) is 0. The molecule has 1 saturated carbocycles. The summed E-state index contributed by atoms with van der Waals surface area (Å²) < 4.78 is 13.2. The standard InChI is InChI=1S/C14H18BrF/c1-10-9-11(5-6-12(10)16)13(15)14(2)7-3-4-8-14/h5-6,9,13H,3-4,7-8H2,1-2H3. The van der Waals surface area contributed by atoms with Gasteiger partial charge in [0.15, 0.2) is 0 Å². The first-order valence-electron chi connectivity index (χ1n) is 5.93. The fourth-order valence-corrected chi connectivity index (χ4v) is 3.41. The largest absolute Gasteiger partial charge is 0.207 e. The van der Waals surface area contributed by atoms with E-state index in [4.69, 9.17) is 0 Å². The molecule has 1 aliphatic carbocycles. The highest BCUT2D eigenvalue weighted by atomic mass is 79.9. The van der Waals surface area contributed by atoms with Crippen molar-refractivity contribution in [2.24, 2.45) is 5.41 Å². The second-order valence-corrected chi connectivity index (χ2v) is 6.15. The first-order valence-corrected chi connectivity index (χ1v) is 6.85. The maximum Gasteiger partial charge on any atom is 0.126 e. The van der Waals surface area contributed by atoms with E-state index in [9.17, 15) is 4.39 Å². The quantitative estimate of drug-likeness (QED) is 0.659. The molecular formula is C14H18BrF. The molecule has 1 aliphatic rings. The Morgan fingerprint density at radius 2 is 1.94 bits per heavy atom. The van der Waals surface area contributed by atoms with Gasteiger partial charge in [0, 0.05) is 4.83 Å². The lowest BCUT2D eigenvalue weighted by molar-refractivity contribution is 0.331. The predicted octanol–water partition coefficient (Wildman–Crippen LogP) is 5.15. The van der Waals surface area contributed by atoms with Gasteiger partial charge in [-0.3, -0.25) is 0 Å². The fourth-order valence-electron chi connectivity index (χ4n) is 2.66. The fraction of sp³-hybridized carbons (Fsp3) is 0.571. The molecule has 0 heterocycles. The van der Waals surface area contributed by atoms with E-state index in [0.717, 1.165) is 5.56 Å². The molecule has 0 amide bonds. The summed E-state index contributed by atoms with van der Waals surface area (Å²) in [6.45, 7) is 4.16. The van der Waals surface area contributed by atoms with Crippen molar-refractivity contribution in [2.45, 2.75) is 44.4 Å². The van der Waals surface area contributed by atoms with Crippen molar-refractivity contribution < 1.29 is 4.39 Å². The molecule has 1 atom stereocenters. The van der Waals surface area contributed by atoms with Gasteiger partial charge < -0.3 is 0 Å². The van der Waals surface area contributed by atoms with Gasteiger partial charge in [-0.1, -0.05) is 47.8 Å². The zero-order chi connectivity index (χ0) is 11.8. The third kappa shape index (κ3) is 2.17. The van der Waals surface area contributed by atoms with Crippen LogP contribution in [0.1, 0.15) is 48.6 Å². The van der Waals surface area contributed by atoms with Crippen LogP contribution in [0.25, 0.3) is 0 Å². The van der Waals surface area contributed by atoms with Crippen molar-refractivity contribution in [1.29, 1.82) is 0 Å². The van der Waals surface area contributed by atoms with Crippen LogP contribution in [0.2, 0.25) is 0 Å². The smallest absolute Gasteiger partial charge is 0.126 e. The minimum absolute atomic E-state index is 0.111. The van der Waals surface area contributed by atoms with Crippen LogP contribution in [0, 0.1) is 18.2 Å². The van der Waals surface area contributed by atoms with Gasteiger partial charge in [0.25, 0.3) is 0 Å². The summed E-state index contributed by atoms with van der Waals surface area (Å²) in [6.07, 6.45) is 5.16.